The van der Waals surface area contributed by atoms with E-state index in [1.54, 1.807) is 12.1 Å². The molecule has 3 aromatic rings. The molecule has 3 rings (SSSR count). The van der Waals surface area contributed by atoms with Gasteiger partial charge in [0.05, 0.1) is 43.3 Å². The summed E-state index contributed by atoms with van der Waals surface area (Å²) in [5, 5.41) is 17.3. The highest BCUT2D eigenvalue weighted by atomic mass is 19.4. The SMILES string of the molecule is COC(=O)c1ccc2c(OC)n(CC(C)(C#N)NC(=O)c3ccc(OC(F)(F)F)cc3)nc2c1. The Labute approximate surface area is 191 Å². The summed E-state index contributed by atoms with van der Waals surface area (Å²) in [7, 11) is 2.66. The van der Waals surface area contributed by atoms with Crippen molar-refractivity contribution >= 4 is 22.8 Å². The Balaban J connectivity index is 1.83. The number of benzene rings is 2. The lowest BCUT2D eigenvalue weighted by Crippen LogP contribution is -2.48. The smallest absolute Gasteiger partial charge is 0.481 e. The number of methoxy groups -OCH3 is 2. The average molecular weight is 476 g/mol. The van der Waals surface area contributed by atoms with Crippen LogP contribution in [0.15, 0.2) is 42.5 Å². The van der Waals surface area contributed by atoms with Gasteiger partial charge in [-0.3, -0.25) is 4.79 Å². The van der Waals surface area contributed by atoms with E-state index >= 15 is 0 Å². The van der Waals surface area contributed by atoms with Crippen molar-refractivity contribution in [3.8, 4) is 17.7 Å². The lowest BCUT2D eigenvalue weighted by Gasteiger charge is -2.24. The zero-order valence-corrected chi connectivity index (χ0v) is 18.3. The first-order chi connectivity index (χ1) is 16.0. The third-order valence-corrected chi connectivity index (χ3v) is 4.76. The fraction of sp³-hybridized carbons (Fsp3) is 0.273. The number of amides is 1. The molecule has 0 fully saturated rings. The topological polar surface area (TPSA) is 115 Å². The Morgan fingerprint density at radius 3 is 2.32 bits per heavy atom. The van der Waals surface area contributed by atoms with Crippen LogP contribution in [0.3, 0.4) is 0 Å². The summed E-state index contributed by atoms with van der Waals surface area (Å²) < 4.78 is 52.2. The summed E-state index contributed by atoms with van der Waals surface area (Å²) in [5.41, 5.74) is -0.766. The first-order valence-corrected chi connectivity index (χ1v) is 9.71. The molecule has 0 aliphatic carbocycles. The maximum Gasteiger partial charge on any atom is 0.573 e. The highest BCUT2D eigenvalue weighted by Gasteiger charge is 2.32. The summed E-state index contributed by atoms with van der Waals surface area (Å²) >= 11 is 0. The number of hydrogen-bond donors (Lipinski definition) is 1. The number of carbonyl (C=O) groups is 2. The fourth-order valence-corrected chi connectivity index (χ4v) is 3.21. The lowest BCUT2D eigenvalue weighted by atomic mass is 10.0. The van der Waals surface area contributed by atoms with Crippen LogP contribution in [-0.2, 0) is 11.3 Å². The van der Waals surface area contributed by atoms with Gasteiger partial charge in [0.2, 0.25) is 5.88 Å². The fourth-order valence-electron chi connectivity index (χ4n) is 3.21. The molecule has 1 aromatic heterocycles. The van der Waals surface area contributed by atoms with Gasteiger partial charge in [-0.15, -0.1) is 13.2 Å². The van der Waals surface area contributed by atoms with Gasteiger partial charge in [-0.1, -0.05) is 0 Å². The lowest BCUT2D eigenvalue weighted by molar-refractivity contribution is -0.274. The van der Waals surface area contributed by atoms with Crippen LogP contribution in [0, 0.1) is 11.3 Å². The molecule has 0 radical (unpaired) electrons. The second-order valence-electron chi connectivity index (χ2n) is 7.36. The molecule has 1 N–H and O–H groups in total. The molecule has 1 unspecified atom stereocenters. The first kappa shape index (κ1) is 24.4. The largest absolute Gasteiger partial charge is 0.573 e. The quantitative estimate of drug-likeness (QED) is 0.520. The van der Waals surface area contributed by atoms with E-state index in [4.69, 9.17) is 9.47 Å². The molecule has 0 aliphatic heterocycles. The Hall–Kier alpha value is -4.27. The van der Waals surface area contributed by atoms with Gasteiger partial charge in [0.1, 0.15) is 11.3 Å². The number of nitrogens with zero attached hydrogens (tertiary/aromatic N) is 3. The summed E-state index contributed by atoms with van der Waals surface area (Å²) in [6.45, 7) is 1.33. The maximum atomic E-state index is 12.6. The average Bonchev–Trinajstić information content (AvgIpc) is 3.13. The molecule has 0 bridgehead atoms. The predicted molar refractivity (Wildman–Crippen MR) is 112 cm³/mol. The zero-order valence-electron chi connectivity index (χ0n) is 18.3. The molecular weight excluding hydrogens is 457 g/mol. The van der Waals surface area contributed by atoms with E-state index in [0.717, 1.165) is 24.3 Å². The highest BCUT2D eigenvalue weighted by molar-refractivity contribution is 5.96. The third-order valence-electron chi connectivity index (χ3n) is 4.76. The number of halogens is 3. The Morgan fingerprint density at radius 2 is 1.76 bits per heavy atom. The van der Waals surface area contributed by atoms with E-state index in [1.165, 1.54) is 31.9 Å². The highest BCUT2D eigenvalue weighted by Crippen LogP contribution is 2.28. The van der Waals surface area contributed by atoms with Crippen molar-refractivity contribution in [3.05, 3.63) is 53.6 Å². The number of ether oxygens (including phenoxy) is 3. The van der Waals surface area contributed by atoms with Crippen molar-refractivity contribution in [3.63, 3.8) is 0 Å². The number of rotatable bonds is 7. The molecule has 2 aromatic carbocycles. The Morgan fingerprint density at radius 1 is 1.12 bits per heavy atom. The first-order valence-electron chi connectivity index (χ1n) is 9.71. The molecule has 0 saturated carbocycles. The van der Waals surface area contributed by atoms with Crippen molar-refractivity contribution < 1.29 is 37.0 Å². The molecule has 1 atom stereocenters. The van der Waals surface area contributed by atoms with Crippen LogP contribution >= 0.6 is 0 Å². The van der Waals surface area contributed by atoms with E-state index in [0.29, 0.717) is 16.8 Å². The van der Waals surface area contributed by atoms with Crippen LogP contribution in [0.5, 0.6) is 11.6 Å². The van der Waals surface area contributed by atoms with E-state index in [2.05, 4.69) is 15.2 Å². The minimum Gasteiger partial charge on any atom is -0.481 e. The Kier molecular flexibility index (Phi) is 6.67. The van der Waals surface area contributed by atoms with Crippen molar-refractivity contribution in [1.29, 1.82) is 5.26 Å². The van der Waals surface area contributed by atoms with Crippen LogP contribution < -0.4 is 14.8 Å². The predicted octanol–water partition coefficient (Wildman–Crippen LogP) is 3.44. The summed E-state index contributed by atoms with van der Waals surface area (Å²) in [6, 6.07) is 11.0. The van der Waals surface area contributed by atoms with E-state index in [1.807, 2.05) is 6.07 Å². The number of carbonyl (C=O) groups excluding carboxylic acids is 2. The number of nitrogens with one attached hydrogen (secondary N) is 1. The normalized spacial score (nSPS) is 13.0. The van der Waals surface area contributed by atoms with Gasteiger partial charge < -0.3 is 19.5 Å². The van der Waals surface area contributed by atoms with Crippen LogP contribution in [0.25, 0.3) is 10.9 Å². The van der Waals surface area contributed by atoms with Crippen molar-refractivity contribution in [1.82, 2.24) is 15.1 Å². The van der Waals surface area contributed by atoms with Crippen LogP contribution in [0.2, 0.25) is 0 Å². The molecular formula is C22H19F3N4O5. The third kappa shape index (κ3) is 5.37. The van der Waals surface area contributed by atoms with Gasteiger partial charge in [0.25, 0.3) is 5.91 Å². The molecule has 0 spiro atoms. The van der Waals surface area contributed by atoms with Crippen molar-refractivity contribution in [2.45, 2.75) is 25.4 Å². The van der Waals surface area contributed by atoms with Gasteiger partial charge in [0, 0.05) is 5.56 Å². The zero-order chi connectivity index (χ0) is 25.1. The summed E-state index contributed by atoms with van der Waals surface area (Å²) in [5.74, 6) is -1.41. The van der Waals surface area contributed by atoms with E-state index < -0.39 is 29.5 Å². The van der Waals surface area contributed by atoms with Crippen LogP contribution in [0.4, 0.5) is 13.2 Å². The van der Waals surface area contributed by atoms with Gasteiger partial charge >= 0.3 is 12.3 Å². The number of aromatic nitrogens is 2. The number of esters is 1. The summed E-state index contributed by atoms with van der Waals surface area (Å²) in [6.07, 6.45) is -4.85. The van der Waals surface area contributed by atoms with E-state index in [9.17, 15) is 28.0 Å². The molecule has 1 heterocycles. The minimum atomic E-state index is -4.85. The van der Waals surface area contributed by atoms with Crippen LogP contribution in [0.1, 0.15) is 27.6 Å². The number of hydrogen-bond acceptors (Lipinski definition) is 7. The van der Waals surface area contributed by atoms with E-state index in [-0.39, 0.29) is 17.7 Å². The molecule has 9 nitrogen and oxygen atoms in total. The minimum absolute atomic E-state index is 0.0244. The molecule has 0 saturated heterocycles. The summed E-state index contributed by atoms with van der Waals surface area (Å²) in [4.78, 5) is 24.4. The standard InChI is InChI=1S/C22H19F3N4O5/c1-21(11-26,27-18(30)13-4-7-15(8-5-13)34-22(23,24)25)12-29-19(32-2)16-9-6-14(20(31)33-3)10-17(16)28-29/h4-10H,12H2,1-3H3,(H,27,30). The Bertz CT molecular complexity index is 1260. The molecule has 34 heavy (non-hydrogen) atoms. The molecule has 0 aliphatic rings. The molecule has 12 heteroatoms. The van der Waals surface area contributed by atoms with Gasteiger partial charge in [-0.25, -0.2) is 9.48 Å². The van der Waals surface area contributed by atoms with Crippen molar-refractivity contribution in [2.75, 3.05) is 14.2 Å². The van der Waals surface area contributed by atoms with Gasteiger partial charge in [-0.2, -0.15) is 10.4 Å². The monoisotopic (exact) mass is 476 g/mol. The second-order valence-corrected chi connectivity index (χ2v) is 7.36. The number of nitriles is 1. The van der Waals surface area contributed by atoms with Gasteiger partial charge in [0.15, 0.2) is 0 Å². The van der Waals surface area contributed by atoms with Crippen LogP contribution in [-0.4, -0.2) is 47.8 Å². The molecule has 178 valence electrons. The van der Waals surface area contributed by atoms with Crippen molar-refractivity contribution in [2.24, 2.45) is 0 Å². The number of alkyl halides is 3. The second kappa shape index (κ2) is 9.30. The molecule has 1 amide bonds. The number of fused-ring (bicyclic) bond motifs is 1. The maximum absolute atomic E-state index is 12.6. The van der Waals surface area contributed by atoms with Gasteiger partial charge in [-0.05, 0) is 49.4 Å².